The van der Waals surface area contributed by atoms with E-state index in [1.807, 2.05) is 18.3 Å². The molecule has 2 aliphatic heterocycles. The van der Waals surface area contributed by atoms with Gasteiger partial charge >= 0.3 is 5.97 Å². The molecule has 4 aliphatic rings. The predicted octanol–water partition coefficient (Wildman–Crippen LogP) is 7.07. The first-order valence-corrected chi connectivity index (χ1v) is 18.4. The standard InChI is InChI=1S/C38H47F4N5O5/c1-22-14-23-16-24(15-22)38(18-23,35(49)50)45-34(48)29-19-43-33(44-32(29)37(3,41)42)30-20-47(25-8-12-51-13-9-25)31-17-27(4-5-28(30)31)52-26-6-10-46(11-7-26)21-36(2,39)40/h4-5,17,19-20,22-26H,6-16,18,21H2,1-3H3,(H,45,48)(H,49,50). The molecule has 2 bridgehead atoms. The lowest BCUT2D eigenvalue weighted by Crippen LogP contribution is -2.57. The number of aromatic nitrogens is 3. The maximum absolute atomic E-state index is 15.3. The number of ether oxygens (including phenoxy) is 2. The Morgan fingerprint density at radius 2 is 1.81 bits per heavy atom. The summed E-state index contributed by atoms with van der Waals surface area (Å²) in [5.74, 6) is -7.59. The van der Waals surface area contributed by atoms with Crippen LogP contribution in [0.1, 0.15) is 94.2 Å². The molecule has 1 aromatic carbocycles. The molecular formula is C38H47F4N5O5. The third kappa shape index (κ3) is 7.37. The van der Waals surface area contributed by atoms with Gasteiger partial charge in [-0.25, -0.2) is 23.5 Å². The van der Waals surface area contributed by atoms with Crippen molar-refractivity contribution >= 4 is 22.8 Å². The Labute approximate surface area is 300 Å². The van der Waals surface area contributed by atoms with Gasteiger partial charge in [0, 0.05) is 75.6 Å². The number of halogens is 4. The van der Waals surface area contributed by atoms with E-state index >= 15 is 8.78 Å². The van der Waals surface area contributed by atoms with Crippen LogP contribution in [0.3, 0.4) is 0 Å². The van der Waals surface area contributed by atoms with Crippen molar-refractivity contribution in [3.8, 4) is 17.1 Å². The van der Waals surface area contributed by atoms with Crippen LogP contribution in [0.2, 0.25) is 0 Å². The van der Waals surface area contributed by atoms with Gasteiger partial charge < -0.3 is 24.5 Å². The van der Waals surface area contributed by atoms with Gasteiger partial charge in [-0.05, 0) is 81.3 Å². The molecular weight excluding hydrogens is 682 g/mol. The fourth-order valence-corrected chi connectivity index (χ4v) is 9.21. The maximum Gasteiger partial charge on any atom is 0.329 e. The molecule has 3 aromatic rings. The number of hydrogen-bond acceptors (Lipinski definition) is 7. The van der Waals surface area contributed by atoms with Crippen molar-refractivity contribution in [1.29, 1.82) is 0 Å². The van der Waals surface area contributed by atoms with E-state index in [1.165, 1.54) is 0 Å². The van der Waals surface area contributed by atoms with E-state index in [1.54, 1.807) is 11.0 Å². The van der Waals surface area contributed by atoms with Gasteiger partial charge in [-0.1, -0.05) is 6.92 Å². The van der Waals surface area contributed by atoms with Crippen molar-refractivity contribution in [2.75, 3.05) is 32.8 Å². The summed E-state index contributed by atoms with van der Waals surface area (Å²) in [6.45, 7) is 5.52. The SMILES string of the molecule is CC1CC2CC(C1)C(NC(=O)c1cnc(-c3cn(C4CCOCC4)c4cc(OC5CCN(CC(C)(F)F)CC5)ccc34)nc1C(C)(F)F)(C(=O)O)C2. The van der Waals surface area contributed by atoms with Crippen LogP contribution in [-0.4, -0.2) is 86.8 Å². The van der Waals surface area contributed by atoms with Crippen LogP contribution in [0, 0.1) is 17.8 Å². The Hall–Kier alpha value is -3.78. The van der Waals surface area contributed by atoms with E-state index in [-0.39, 0.29) is 42.8 Å². The number of likely N-dealkylation sites (tertiary alicyclic amines) is 1. The number of hydrogen-bond donors (Lipinski definition) is 2. The Balaban J connectivity index is 1.20. The number of amides is 1. The summed E-state index contributed by atoms with van der Waals surface area (Å²) >= 11 is 0. The van der Waals surface area contributed by atoms with Crippen molar-refractivity contribution in [3.63, 3.8) is 0 Å². The van der Waals surface area contributed by atoms with Gasteiger partial charge in [0.2, 0.25) is 0 Å². The zero-order valence-corrected chi connectivity index (χ0v) is 29.8. The number of rotatable bonds is 10. The molecule has 7 rings (SSSR count). The van der Waals surface area contributed by atoms with Crippen molar-refractivity contribution in [1.82, 2.24) is 24.8 Å². The van der Waals surface area contributed by atoms with Crippen LogP contribution in [-0.2, 0) is 15.5 Å². The van der Waals surface area contributed by atoms with Crippen molar-refractivity contribution in [2.24, 2.45) is 17.8 Å². The Morgan fingerprint density at radius 1 is 1.08 bits per heavy atom. The van der Waals surface area contributed by atoms with E-state index in [4.69, 9.17) is 9.47 Å². The number of aliphatic carboxylic acids is 1. The molecule has 14 heteroatoms. The summed E-state index contributed by atoms with van der Waals surface area (Å²) in [4.78, 5) is 36.9. The lowest BCUT2D eigenvalue weighted by molar-refractivity contribution is -0.146. The first-order chi connectivity index (χ1) is 24.6. The monoisotopic (exact) mass is 729 g/mol. The molecule has 2 saturated carbocycles. The molecule has 2 N–H and O–H groups in total. The summed E-state index contributed by atoms with van der Waals surface area (Å²) in [5.41, 5.74) is -1.47. The number of piperidine rings is 1. The van der Waals surface area contributed by atoms with Crippen LogP contribution in [0.4, 0.5) is 17.6 Å². The number of carboxylic acid groups (broad SMARTS) is 1. The first kappa shape index (κ1) is 36.6. The largest absolute Gasteiger partial charge is 0.490 e. The molecule has 2 saturated heterocycles. The molecule has 10 nitrogen and oxygen atoms in total. The molecule has 2 aromatic heterocycles. The molecule has 1 amide bonds. The number of carboxylic acids is 1. The van der Waals surface area contributed by atoms with Gasteiger partial charge in [0.15, 0.2) is 5.82 Å². The fourth-order valence-electron chi connectivity index (χ4n) is 9.21. The highest BCUT2D eigenvalue weighted by atomic mass is 19.3. The second-order valence-electron chi connectivity index (χ2n) is 15.8. The molecule has 4 fully saturated rings. The minimum Gasteiger partial charge on any atom is -0.490 e. The normalized spacial score (nSPS) is 26.5. The number of carbonyl (C=O) groups excluding carboxylic acids is 1. The van der Waals surface area contributed by atoms with Crippen LogP contribution >= 0.6 is 0 Å². The van der Waals surface area contributed by atoms with Gasteiger partial charge in [-0.2, -0.15) is 8.78 Å². The fraction of sp³-hybridized carbons (Fsp3) is 0.632. The number of carbonyl (C=O) groups is 2. The molecule has 4 unspecified atom stereocenters. The number of nitrogens with zero attached hydrogens (tertiary/aromatic N) is 4. The predicted molar refractivity (Wildman–Crippen MR) is 185 cm³/mol. The zero-order valence-electron chi connectivity index (χ0n) is 29.8. The lowest BCUT2D eigenvalue weighted by Gasteiger charge is -2.33. The summed E-state index contributed by atoms with van der Waals surface area (Å²) in [7, 11) is 0. The first-order valence-electron chi connectivity index (χ1n) is 18.4. The van der Waals surface area contributed by atoms with E-state index in [2.05, 4.69) is 26.8 Å². The third-order valence-corrected chi connectivity index (χ3v) is 11.5. The van der Waals surface area contributed by atoms with Crippen LogP contribution in [0.15, 0.2) is 30.6 Å². The van der Waals surface area contributed by atoms with Gasteiger partial charge in [-0.3, -0.25) is 9.69 Å². The number of nitrogens with one attached hydrogen (secondary N) is 1. The highest BCUT2D eigenvalue weighted by molar-refractivity contribution is 6.00. The summed E-state index contributed by atoms with van der Waals surface area (Å²) < 4.78 is 71.8. The Kier molecular flexibility index (Phi) is 9.77. The third-order valence-electron chi connectivity index (χ3n) is 11.5. The average Bonchev–Trinajstić information content (AvgIpc) is 3.58. The Morgan fingerprint density at radius 3 is 2.48 bits per heavy atom. The second-order valence-corrected chi connectivity index (χ2v) is 15.8. The minimum absolute atomic E-state index is 0.0103. The van der Waals surface area contributed by atoms with E-state index in [0.717, 1.165) is 37.9 Å². The molecule has 0 radical (unpaired) electrons. The molecule has 4 heterocycles. The van der Waals surface area contributed by atoms with Crippen LogP contribution < -0.4 is 10.1 Å². The molecule has 0 spiro atoms. The van der Waals surface area contributed by atoms with Gasteiger partial charge in [0.05, 0.1) is 17.6 Å². The minimum atomic E-state index is -3.54. The maximum atomic E-state index is 15.3. The second kappa shape index (κ2) is 13.9. The van der Waals surface area contributed by atoms with E-state index < -0.39 is 40.5 Å². The zero-order chi connectivity index (χ0) is 37.0. The molecule has 52 heavy (non-hydrogen) atoms. The molecule has 282 valence electrons. The smallest absolute Gasteiger partial charge is 0.329 e. The highest BCUT2D eigenvalue weighted by Crippen LogP contribution is 2.51. The van der Waals surface area contributed by atoms with Crippen molar-refractivity contribution in [2.45, 2.75) is 102 Å². The molecule has 4 atom stereocenters. The number of benzene rings is 1. The van der Waals surface area contributed by atoms with Crippen molar-refractivity contribution < 1.29 is 41.7 Å². The van der Waals surface area contributed by atoms with E-state index in [9.17, 15) is 23.5 Å². The van der Waals surface area contributed by atoms with Crippen LogP contribution in [0.25, 0.3) is 22.3 Å². The molecule has 2 aliphatic carbocycles. The van der Waals surface area contributed by atoms with Crippen molar-refractivity contribution in [3.05, 3.63) is 41.9 Å². The van der Waals surface area contributed by atoms with Crippen LogP contribution in [0.5, 0.6) is 5.75 Å². The summed E-state index contributed by atoms with van der Waals surface area (Å²) in [5, 5.41) is 13.7. The van der Waals surface area contributed by atoms with E-state index in [0.29, 0.717) is 81.5 Å². The topological polar surface area (TPSA) is 119 Å². The van der Waals surface area contributed by atoms with Gasteiger partial charge in [0.1, 0.15) is 23.1 Å². The average molecular weight is 730 g/mol. The number of fused-ring (bicyclic) bond motifs is 3. The van der Waals surface area contributed by atoms with Gasteiger partial charge in [0.25, 0.3) is 17.8 Å². The summed E-state index contributed by atoms with van der Waals surface area (Å²) in [6.07, 6.45) is 7.91. The quantitative estimate of drug-likeness (QED) is 0.213. The summed E-state index contributed by atoms with van der Waals surface area (Å²) in [6, 6.07) is 5.60. The Bertz CT molecular complexity index is 1810. The lowest BCUT2D eigenvalue weighted by atomic mass is 9.78. The van der Waals surface area contributed by atoms with Gasteiger partial charge in [-0.15, -0.1) is 0 Å². The number of alkyl halides is 4. The highest BCUT2D eigenvalue weighted by Gasteiger charge is 2.56.